The normalized spacial score (nSPS) is 17.7. The van der Waals surface area contributed by atoms with Crippen molar-refractivity contribution in [3.63, 3.8) is 0 Å². The maximum Gasteiger partial charge on any atom is 0.431 e. The summed E-state index contributed by atoms with van der Waals surface area (Å²) in [5.41, 5.74) is 4.71. The number of carbonyl (C=O) groups excluding carboxylic acids is 2. The first-order valence-electron chi connectivity index (χ1n) is 13.7. The van der Waals surface area contributed by atoms with E-state index in [0.29, 0.717) is 38.0 Å². The standard InChI is InChI=1S/C28H35F4N5O4Si/c1-42(2,3)13-12-40-16-37-23(28(30,31)32)14-21-24(35-18-8-10-20(11-9-18)41-27(33)39)22(15-34-25(21)37)26(38)36-19-6-4-17(29)5-7-19/h4-7,14-15,18,20H,8-13,16H2,1-3H3,(H2,33,39)(H,34,35)(H,36,38)/t18-,20-. The summed E-state index contributed by atoms with van der Waals surface area (Å²) in [5, 5.41) is 6.04. The lowest BCUT2D eigenvalue weighted by Crippen LogP contribution is -2.33. The molecule has 3 aromatic rings. The fraction of sp³-hybridized carbons (Fsp3) is 0.464. The zero-order valence-electron chi connectivity index (χ0n) is 23.7. The zero-order valence-corrected chi connectivity index (χ0v) is 24.7. The molecule has 1 aliphatic rings. The van der Waals surface area contributed by atoms with Gasteiger partial charge >= 0.3 is 12.3 Å². The molecule has 0 bridgehead atoms. The van der Waals surface area contributed by atoms with Gasteiger partial charge < -0.3 is 25.8 Å². The summed E-state index contributed by atoms with van der Waals surface area (Å²) in [7, 11) is -1.47. The number of amides is 2. The van der Waals surface area contributed by atoms with Crippen LogP contribution in [0.15, 0.2) is 36.5 Å². The molecule has 0 atom stereocenters. The first-order chi connectivity index (χ1) is 19.7. The number of pyridine rings is 1. The number of hydrogen-bond acceptors (Lipinski definition) is 6. The number of nitrogens with two attached hydrogens (primary N) is 1. The quantitative estimate of drug-likeness (QED) is 0.136. The van der Waals surface area contributed by atoms with E-state index in [-0.39, 0.29) is 41.2 Å². The van der Waals surface area contributed by atoms with Crippen LogP contribution in [-0.2, 0) is 22.4 Å². The molecule has 1 aromatic carbocycles. The number of benzene rings is 1. The maximum atomic E-state index is 14.2. The van der Waals surface area contributed by atoms with E-state index < -0.39 is 37.8 Å². The molecule has 2 heterocycles. The van der Waals surface area contributed by atoms with Crippen LogP contribution in [0.4, 0.5) is 33.7 Å². The summed E-state index contributed by atoms with van der Waals surface area (Å²) >= 11 is 0. The second-order valence-corrected chi connectivity index (χ2v) is 17.2. The minimum Gasteiger partial charge on any atom is -0.446 e. The van der Waals surface area contributed by atoms with Crippen LogP contribution in [0.5, 0.6) is 0 Å². The molecule has 0 aliphatic heterocycles. The molecule has 0 saturated heterocycles. The Morgan fingerprint density at radius 1 is 1.12 bits per heavy atom. The second-order valence-electron chi connectivity index (χ2n) is 11.6. The van der Waals surface area contributed by atoms with Gasteiger partial charge in [0.15, 0.2) is 0 Å². The first-order valence-corrected chi connectivity index (χ1v) is 17.4. The maximum absolute atomic E-state index is 14.2. The number of hydrogen-bond donors (Lipinski definition) is 3. The Bertz CT molecular complexity index is 1410. The van der Waals surface area contributed by atoms with Crippen molar-refractivity contribution >= 4 is 42.5 Å². The van der Waals surface area contributed by atoms with Gasteiger partial charge in [0.25, 0.3) is 5.91 Å². The first kappa shape index (κ1) is 31.3. The zero-order chi connectivity index (χ0) is 30.7. The summed E-state index contributed by atoms with van der Waals surface area (Å²) in [4.78, 5) is 28.8. The van der Waals surface area contributed by atoms with Gasteiger partial charge in [-0.1, -0.05) is 19.6 Å². The number of primary amides is 1. The van der Waals surface area contributed by atoms with E-state index in [1.165, 1.54) is 30.5 Å². The predicted molar refractivity (Wildman–Crippen MR) is 154 cm³/mol. The van der Waals surface area contributed by atoms with Gasteiger partial charge in [0.1, 0.15) is 30.0 Å². The lowest BCUT2D eigenvalue weighted by Gasteiger charge is -2.29. The van der Waals surface area contributed by atoms with Crippen molar-refractivity contribution < 1.29 is 36.6 Å². The number of ether oxygens (including phenoxy) is 2. The third-order valence-electron chi connectivity index (χ3n) is 7.08. The lowest BCUT2D eigenvalue weighted by atomic mass is 9.92. The third-order valence-corrected chi connectivity index (χ3v) is 8.79. The Balaban J connectivity index is 1.71. The second kappa shape index (κ2) is 12.7. The molecular weight excluding hydrogens is 574 g/mol. The van der Waals surface area contributed by atoms with Gasteiger partial charge in [-0.3, -0.25) is 9.36 Å². The molecule has 9 nitrogen and oxygen atoms in total. The SMILES string of the molecule is C[Si](C)(C)CCOCn1c(C(F)(F)F)cc2c(N[C@H]3CC[C@H](OC(N)=O)CC3)c(C(=O)Nc3ccc(F)cc3)cnc21. The van der Waals surface area contributed by atoms with Gasteiger partial charge in [-0.05, 0) is 62.1 Å². The number of alkyl halides is 3. The topological polar surface area (TPSA) is 120 Å². The summed E-state index contributed by atoms with van der Waals surface area (Å²) in [6, 6.07) is 6.64. The molecule has 2 amide bonds. The number of aromatic nitrogens is 2. The summed E-state index contributed by atoms with van der Waals surface area (Å²) < 4.78 is 67.8. The van der Waals surface area contributed by atoms with Gasteiger partial charge in [0, 0.05) is 38.0 Å². The van der Waals surface area contributed by atoms with Crippen molar-refractivity contribution in [2.75, 3.05) is 17.2 Å². The highest BCUT2D eigenvalue weighted by Gasteiger charge is 2.37. The van der Waals surface area contributed by atoms with Crippen molar-refractivity contribution in [1.29, 1.82) is 0 Å². The number of fused-ring (bicyclic) bond motifs is 1. The van der Waals surface area contributed by atoms with Crippen molar-refractivity contribution in [2.24, 2.45) is 5.73 Å². The van der Waals surface area contributed by atoms with Crippen LogP contribution in [0.1, 0.15) is 41.7 Å². The highest BCUT2D eigenvalue weighted by atomic mass is 28.3. The highest BCUT2D eigenvalue weighted by molar-refractivity contribution is 6.76. The Morgan fingerprint density at radius 3 is 2.38 bits per heavy atom. The van der Waals surface area contributed by atoms with Crippen LogP contribution in [-0.4, -0.2) is 48.4 Å². The average Bonchev–Trinajstić information content (AvgIpc) is 3.28. The van der Waals surface area contributed by atoms with Gasteiger partial charge in [0.05, 0.1) is 11.3 Å². The van der Waals surface area contributed by atoms with E-state index in [2.05, 4.69) is 35.3 Å². The van der Waals surface area contributed by atoms with Crippen molar-refractivity contribution in [2.45, 2.75) is 76.4 Å². The van der Waals surface area contributed by atoms with Gasteiger partial charge in [-0.15, -0.1) is 0 Å². The van der Waals surface area contributed by atoms with Crippen LogP contribution in [0, 0.1) is 5.82 Å². The van der Waals surface area contributed by atoms with Crippen molar-refractivity contribution in [1.82, 2.24) is 9.55 Å². The third kappa shape index (κ3) is 8.00. The number of halogens is 4. The number of carbonyl (C=O) groups is 2. The largest absolute Gasteiger partial charge is 0.446 e. The Kier molecular flexibility index (Phi) is 9.46. The van der Waals surface area contributed by atoms with Crippen molar-refractivity contribution in [3.05, 3.63) is 53.6 Å². The van der Waals surface area contributed by atoms with Crippen LogP contribution < -0.4 is 16.4 Å². The fourth-order valence-electron chi connectivity index (χ4n) is 4.85. The predicted octanol–water partition coefficient (Wildman–Crippen LogP) is 6.58. The molecule has 2 aromatic heterocycles. The van der Waals surface area contributed by atoms with Crippen LogP contribution in [0.25, 0.3) is 11.0 Å². The average molecular weight is 610 g/mol. The van der Waals surface area contributed by atoms with E-state index in [4.69, 9.17) is 15.2 Å². The minimum absolute atomic E-state index is 0.0157. The molecule has 228 valence electrons. The molecule has 1 fully saturated rings. The summed E-state index contributed by atoms with van der Waals surface area (Å²) in [5.74, 6) is -1.11. The molecule has 1 saturated carbocycles. The van der Waals surface area contributed by atoms with Crippen LogP contribution in [0.2, 0.25) is 25.7 Å². The van der Waals surface area contributed by atoms with E-state index in [9.17, 15) is 27.2 Å². The number of anilines is 2. The molecule has 0 spiro atoms. The monoisotopic (exact) mass is 609 g/mol. The number of nitrogens with one attached hydrogen (secondary N) is 2. The Hall–Kier alpha value is -3.65. The van der Waals surface area contributed by atoms with E-state index in [1.54, 1.807) is 0 Å². The van der Waals surface area contributed by atoms with Gasteiger partial charge in [-0.25, -0.2) is 14.2 Å². The number of nitrogens with zero attached hydrogens (tertiary/aromatic N) is 2. The summed E-state index contributed by atoms with van der Waals surface area (Å²) in [6.45, 7) is 6.40. The van der Waals surface area contributed by atoms with Gasteiger partial charge in [0.2, 0.25) is 0 Å². The minimum atomic E-state index is -4.71. The molecular formula is C28H35F4N5O4Si. The Labute approximate surface area is 241 Å². The molecule has 4 rings (SSSR count). The Morgan fingerprint density at radius 2 is 1.79 bits per heavy atom. The van der Waals surface area contributed by atoms with Crippen LogP contribution in [0.3, 0.4) is 0 Å². The lowest BCUT2D eigenvalue weighted by molar-refractivity contribution is -0.145. The highest BCUT2D eigenvalue weighted by Crippen LogP contribution is 2.38. The molecule has 4 N–H and O–H groups in total. The van der Waals surface area contributed by atoms with E-state index in [1.807, 2.05) is 0 Å². The smallest absolute Gasteiger partial charge is 0.431 e. The molecule has 14 heteroatoms. The molecule has 0 unspecified atom stereocenters. The fourth-order valence-corrected chi connectivity index (χ4v) is 5.61. The summed E-state index contributed by atoms with van der Waals surface area (Å²) in [6.07, 6.45) is -2.68. The van der Waals surface area contributed by atoms with Crippen LogP contribution >= 0.6 is 0 Å². The van der Waals surface area contributed by atoms with Crippen molar-refractivity contribution in [3.8, 4) is 0 Å². The molecule has 42 heavy (non-hydrogen) atoms. The number of rotatable bonds is 10. The van der Waals surface area contributed by atoms with Gasteiger partial charge in [-0.2, -0.15) is 13.2 Å². The molecule has 1 aliphatic carbocycles. The van der Waals surface area contributed by atoms with E-state index >= 15 is 0 Å². The van der Waals surface area contributed by atoms with E-state index in [0.717, 1.165) is 16.7 Å². The molecule has 0 radical (unpaired) electrons.